The molecule has 0 aliphatic rings. The summed E-state index contributed by atoms with van der Waals surface area (Å²) in [5.41, 5.74) is 5.03. The number of aromatic nitrogens is 1. The number of fused-ring (bicyclic) bond motifs is 3. The summed E-state index contributed by atoms with van der Waals surface area (Å²) in [6.07, 6.45) is 0. The van der Waals surface area contributed by atoms with E-state index >= 15 is 0 Å². The summed E-state index contributed by atoms with van der Waals surface area (Å²) in [5, 5.41) is 5.06. The van der Waals surface area contributed by atoms with E-state index in [9.17, 15) is 4.79 Å². The summed E-state index contributed by atoms with van der Waals surface area (Å²) in [6, 6.07) is 25.4. The van der Waals surface area contributed by atoms with E-state index in [0.717, 1.165) is 27.4 Å². The highest BCUT2D eigenvalue weighted by molar-refractivity contribution is 6.04. The Morgan fingerprint density at radius 1 is 0.938 bits per heavy atom. The quantitative estimate of drug-likeness (QED) is 0.362. The lowest BCUT2D eigenvalue weighted by molar-refractivity contribution is -0.118. The minimum absolute atomic E-state index is 0.0879. The first kappa shape index (κ1) is 19.8. The molecular formula is C27H22N2O3. The van der Waals surface area contributed by atoms with Crippen LogP contribution < -0.4 is 10.1 Å². The van der Waals surface area contributed by atoms with Gasteiger partial charge < -0.3 is 14.5 Å². The zero-order valence-electron chi connectivity index (χ0n) is 17.9. The topological polar surface area (TPSA) is 64.4 Å². The standard InChI is InChI=1S/C27H22N2O3/c1-17-13-18(2)15-20(14-17)31-16-25(30)28-23-10-6-5-9-22(23)27-29-26-21-8-4-3-7-19(21)11-12-24(26)32-27/h3-15H,16H2,1-2H3,(H,28,30). The molecule has 32 heavy (non-hydrogen) atoms. The molecule has 0 saturated heterocycles. The summed E-state index contributed by atoms with van der Waals surface area (Å²) in [6.45, 7) is 3.91. The van der Waals surface area contributed by atoms with Gasteiger partial charge in [0.1, 0.15) is 11.3 Å². The van der Waals surface area contributed by atoms with Gasteiger partial charge in [-0.1, -0.05) is 48.5 Å². The van der Waals surface area contributed by atoms with Crippen molar-refractivity contribution in [2.24, 2.45) is 0 Å². The van der Waals surface area contributed by atoms with Gasteiger partial charge in [0.25, 0.3) is 5.91 Å². The Balaban J connectivity index is 1.40. The van der Waals surface area contributed by atoms with Crippen LogP contribution in [0.1, 0.15) is 11.1 Å². The maximum absolute atomic E-state index is 12.6. The van der Waals surface area contributed by atoms with Crippen LogP contribution in [0.15, 0.2) is 83.3 Å². The smallest absolute Gasteiger partial charge is 0.262 e. The van der Waals surface area contributed by atoms with E-state index in [2.05, 4.69) is 11.4 Å². The minimum Gasteiger partial charge on any atom is -0.484 e. The molecule has 0 radical (unpaired) electrons. The number of hydrogen-bond acceptors (Lipinski definition) is 4. The monoisotopic (exact) mass is 422 g/mol. The van der Waals surface area contributed by atoms with Gasteiger partial charge in [0, 0.05) is 5.39 Å². The Labute approximate surface area is 185 Å². The van der Waals surface area contributed by atoms with Gasteiger partial charge in [-0.3, -0.25) is 4.79 Å². The minimum atomic E-state index is -0.252. The lowest BCUT2D eigenvalue weighted by Crippen LogP contribution is -2.20. The summed E-state index contributed by atoms with van der Waals surface area (Å²) in [7, 11) is 0. The predicted octanol–water partition coefficient (Wildman–Crippen LogP) is 6.28. The normalized spacial score (nSPS) is 11.1. The highest BCUT2D eigenvalue weighted by Gasteiger charge is 2.15. The van der Waals surface area contributed by atoms with Crippen molar-refractivity contribution in [1.82, 2.24) is 4.98 Å². The summed E-state index contributed by atoms with van der Waals surface area (Å²) < 4.78 is 11.7. The maximum Gasteiger partial charge on any atom is 0.262 e. The Kier molecular flexibility index (Phi) is 5.07. The molecular weight excluding hydrogens is 400 g/mol. The van der Waals surface area contributed by atoms with Gasteiger partial charge in [0.15, 0.2) is 12.2 Å². The van der Waals surface area contributed by atoms with Crippen LogP contribution >= 0.6 is 0 Å². The Bertz CT molecular complexity index is 1430. The lowest BCUT2D eigenvalue weighted by atomic mass is 10.1. The number of carbonyl (C=O) groups excluding carboxylic acids is 1. The fraction of sp³-hybridized carbons (Fsp3) is 0.111. The molecule has 158 valence electrons. The highest BCUT2D eigenvalue weighted by atomic mass is 16.5. The van der Waals surface area contributed by atoms with Crippen LogP contribution in [0.2, 0.25) is 0 Å². The zero-order chi connectivity index (χ0) is 22.1. The van der Waals surface area contributed by atoms with Gasteiger partial charge in [0.05, 0.1) is 11.3 Å². The van der Waals surface area contributed by atoms with Crippen molar-refractivity contribution in [2.75, 3.05) is 11.9 Å². The average molecular weight is 422 g/mol. The fourth-order valence-corrected chi connectivity index (χ4v) is 3.91. The van der Waals surface area contributed by atoms with Crippen LogP contribution in [0, 0.1) is 13.8 Å². The molecule has 5 aromatic rings. The molecule has 1 heterocycles. The third-order valence-electron chi connectivity index (χ3n) is 5.28. The predicted molar refractivity (Wildman–Crippen MR) is 127 cm³/mol. The number of benzene rings is 4. The number of nitrogens with zero attached hydrogens (tertiary/aromatic N) is 1. The number of amides is 1. The van der Waals surface area contributed by atoms with Crippen LogP contribution in [-0.4, -0.2) is 17.5 Å². The number of oxazole rings is 1. The molecule has 0 spiro atoms. The molecule has 0 aliphatic heterocycles. The molecule has 5 heteroatoms. The van der Waals surface area contributed by atoms with Crippen LogP contribution in [0.4, 0.5) is 5.69 Å². The molecule has 4 aromatic carbocycles. The molecule has 0 saturated carbocycles. The van der Waals surface area contributed by atoms with Crippen molar-refractivity contribution < 1.29 is 13.9 Å². The first-order valence-corrected chi connectivity index (χ1v) is 10.5. The van der Waals surface area contributed by atoms with Gasteiger partial charge in [-0.15, -0.1) is 0 Å². The van der Waals surface area contributed by atoms with Gasteiger partial charge in [0.2, 0.25) is 5.89 Å². The summed E-state index contributed by atoms with van der Waals surface area (Å²) >= 11 is 0. The Morgan fingerprint density at radius 3 is 2.53 bits per heavy atom. The van der Waals surface area contributed by atoms with E-state index in [1.807, 2.05) is 86.6 Å². The number of nitrogens with one attached hydrogen (secondary N) is 1. The van der Waals surface area contributed by atoms with Gasteiger partial charge in [-0.25, -0.2) is 4.98 Å². The van der Waals surface area contributed by atoms with E-state index in [1.54, 1.807) is 0 Å². The number of aryl methyl sites for hydroxylation is 2. The molecule has 5 nitrogen and oxygen atoms in total. The van der Waals surface area contributed by atoms with Crippen LogP contribution in [-0.2, 0) is 4.79 Å². The van der Waals surface area contributed by atoms with Crippen LogP contribution in [0.5, 0.6) is 5.75 Å². The highest BCUT2D eigenvalue weighted by Crippen LogP contribution is 2.33. The summed E-state index contributed by atoms with van der Waals surface area (Å²) in [5.74, 6) is 0.886. The SMILES string of the molecule is Cc1cc(C)cc(OCC(=O)Nc2ccccc2-c2nc3c(ccc4ccccc43)o2)c1. The molecule has 0 fully saturated rings. The van der Waals surface area contributed by atoms with E-state index < -0.39 is 0 Å². The number of hydrogen-bond donors (Lipinski definition) is 1. The van der Waals surface area contributed by atoms with Crippen molar-refractivity contribution >= 4 is 33.5 Å². The van der Waals surface area contributed by atoms with E-state index in [1.165, 1.54) is 0 Å². The van der Waals surface area contributed by atoms with E-state index in [-0.39, 0.29) is 12.5 Å². The number of carbonyl (C=O) groups is 1. The van der Waals surface area contributed by atoms with Gasteiger partial charge in [-0.2, -0.15) is 0 Å². The number of para-hydroxylation sites is 1. The molecule has 0 aliphatic carbocycles. The second-order valence-electron chi connectivity index (χ2n) is 7.86. The Hall–Kier alpha value is -4.12. The van der Waals surface area contributed by atoms with Crippen molar-refractivity contribution in [1.29, 1.82) is 0 Å². The number of rotatable bonds is 5. The first-order chi connectivity index (χ1) is 15.6. The maximum atomic E-state index is 12.6. The largest absolute Gasteiger partial charge is 0.484 e. The molecule has 0 unspecified atom stereocenters. The van der Waals surface area contributed by atoms with Crippen molar-refractivity contribution in [2.45, 2.75) is 13.8 Å². The van der Waals surface area contributed by atoms with E-state index in [0.29, 0.717) is 28.5 Å². The molecule has 0 bridgehead atoms. The lowest BCUT2D eigenvalue weighted by Gasteiger charge is -2.11. The molecule has 1 N–H and O–H groups in total. The van der Waals surface area contributed by atoms with Crippen molar-refractivity contribution in [3.8, 4) is 17.2 Å². The molecule has 1 amide bonds. The molecule has 1 aromatic heterocycles. The Morgan fingerprint density at radius 2 is 1.69 bits per heavy atom. The third kappa shape index (κ3) is 3.93. The van der Waals surface area contributed by atoms with Crippen LogP contribution in [0.25, 0.3) is 33.3 Å². The van der Waals surface area contributed by atoms with E-state index in [4.69, 9.17) is 14.1 Å². The first-order valence-electron chi connectivity index (χ1n) is 10.5. The van der Waals surface area contributed by atoms with Crippen molar-refractivity contribution in [3.63, 3.8) is 0 Å². The van der Waals surface area contributed by atoms with Gasteiger partial charge >= 0.3 is 0 Å². The zero-order valence-corrected chi connectivity index (χ0v) is 17.9. The second kappa shape index (κ2) is 8.19. The van der Waals surface area contributed by atoms with Crippen molar-refractivity contribution in [3.05, 3.63) is 90.0 Å². The third-order valence-corrected chi connectivity index (χ3v) is 5.28. The molecule has 0 atom stereocenters. The number of ether oxygens (including phenoxy) is 1. The van der Waals surface area contributed by atoms with Crippen LogP contribution in [0.3, 0.4) is 0 Å². The summed E-state index contributed by atoms with van der Waals surface area (Å²) in [4.78, 5) is 17.3. The van der Waals surface area contributed by atoms with Gasteiger partial charge in [-0.05, 0) is 60.7 Å². The fourth-order valence-electron chi connectivity index (χ4n) is 3.91. The second-order valence-corrected chi connectivity index (χ2v) is 7.86. The number of anilines is 1. The molecule has 5 rings (SSSR count). The average Bonchev–Trinajstić information content (AvgIpc) is 3.22.